The van der Waals surface area contributed by atoms with E-state index in [4.69, 9.17) is 10.5 Å². The second kappa shape index (κ2) is 5.13. The van der Waals surface area contributed by atoms with Gasteiger partial charge in [-0.25, -0.2) is 0 Å². The predicted molar refractivity (Wildman–Crippen MR) is 79.8 cm³/mol. The molecule has 3 rings (SSSR count). The van der Waals surface area contributed by atoms with E-state index in [9.17, 15) is 4.79 Å². The Kier molecular flexibility index (Phi) is 3.31. The van der Waals surface area contributed by atoms with E-state index in [1.165, 1.54) is 0 Å². The Balaban J connectivity index is 1.94. The quantitative estimate of drug-likeness (QED) is 0.828. The number of aromatic nitrogens is 1. The van der Waals surface area contributed by atoms with E-state index in [0.717, 1.165) is 15.7 Å². The number of pyridine rings is 1. The minimum absolute atomic E-state index is 0.0114. The smallest absolute Gasteiger partial charge is 0.224 e. The SMILES string of the molecule is Nc1cc2c(cc1Oc1cncc(Br)c1)NC(=O)CC2. The second-order valence-corrected chi connectivity index (χ2v) is 5.45. The summed E-state index contributed by atoms with van der Waals surface area (Å²) in [6.45, 7) is 0. The number of rotatable bonds is 2. The molecule has 5 nitrogen and oxygen atoms in total. The lowest BCUT2D eigenvalue weighted by Crippen LogP contribution is -2.19. The maximum Gasteiger partial charge on any atom is 0.224 e. The van der Waals surface area contributed by atoms with Crippen LogP contribution in [0.2, 0.25) is 0 Å². The summed E-state index contributed by atoms with van der Waals surface area (Å²) in [4.78, 5) is 15.5. The highest BCUT2D eigenvalue weighted by molar-refractivity contribution is 9.10. The fourth-order valence-corrected chi connectivity index (χ4v) is 2.44. The fourth-order valence-electron chi connectivity index (χ4n) is 2.09. The molecular weight excluding hydrogens is 322 g/mol. The maximum absolute atomic E-state index is 11.4. The van der Waals surface area contributed by atoms with Crippen LogP contribution in [0.1, 0.15) is 12.0 Å². The van der Waals surface area contributed by atoms with E-state index >= 15 is 0 Å². The third kappa shape index (κ3) is 2.60. The van der Waals surface area contributed by atoms with Gasteiger partial charge in [0.25, 0.3) is 0 Å². The molecule has 6 heteroatoms. The van der Waals surface area contributed by atoms with Crippen LogP contribution in [-0.4, -0.2) is 10.9 Å². The van der Waals surface area contributed by atoms with Gasteiger partial charge in [-0.3, -0.25) is 9.78 Å². The first kappa shape index (κ1) is 12.9. The number of ether oxygens (including phenoxy) is 1. The normalized spacial score (nSPS) is 13.6. The van der Waals surface area contributed by atoms with Crippen LogP contribution in [0.25, 0.3) is 0 Å². The van der Waals surface area contributed by atoms with E-state index in [0.29, 0.717) is 30.0 Å². The third-order valence-corrected chi connectivity index (χ3v) is 3.47. The van der Waals surface area contributed by atoms with Gasteiger partial charge < -0.3 is 15.8 Å². The second-order valence-electron chi connectivity index (χ2n) is 4.54. The van der Waals surface area contributed by atoms with Gasteiger partial charge in [-0.1, -0.05) is 0 Å². The summed E-state index contributed by atoms with van der Waals surface area (Å²) in [5.74, 6) is 1.09. The van der Waals surface area contributed by atoms with Crippen molar-refractivity contribution in [3.8, 4) is 11.5 Å². The van der Waals surface area contributed by atoms with E-state index in [2.05, 4.69) is 26.2 Å². The van der Waals surface area contributed by atoms with E-state index in [1.54, 1.807) is 24.5 Å². The first-order valence-electron chi connectivity index (χ1n) is 6.12. The molecule has 0 saturated carbocycles. The standard InChI is InChI=1S/C14H12BrN3O2/c15-9-4-10(7-17-6-9)20-13-5-12-8(3-11(13)16)1-2-14(19)18-12/h3-7H,1-2,16H2,(H,18,19). The summed E-state index contributed by atoms with van der Waals surface area (Å²) in [5.41, 5.74) is 8.32. The van der Waals surface area contributed by atoms with Gasteiger partial charge in [-0.2, -0.15) is 0 Å². The molecule has 1 aliphatic heterocycles. The topological polar surface area (TPSA) is 77.2 Å². The summed E-state index contributed by atoms with van der Waals surface area (Å²) >= 11 is 3.33. The number of hydrogen-bond acceptors (Lipinski definition) is 4. The first-order valence-corrected chi connectivity index (χ1v) is 6.92. The lowest BCUT2D eigenvalue weighted by atomic mass is 10.0. The number of aryl methyl sites for hydroxylation is 1. The molecule has 2 heterocycles. The monoisotopic (exact) mass is 333 g/mol. The maximum atomic E-state index is 11.4. The van der Waals surface area contributed by atoms with Crippen LogP contribution < -0.4 is 15.8 Å². The van der Waals surface area contributed by atoms with Gasteiger partial charge in [-0.15, -0.1) is 0 Å². The number of anilines is 2. The van der Waals surface area contributed by atoms with Crippen molar-refractivity contribution in [2.45, 2.75) is 12.8 Å². The molecule has 1 aromatic carbocycles. The van der Waals surface area contributed by atoms with Gasteiger partial charge >= 0.3 is 0 Å². The van der Waals surface area contributed by atoms with Crippen molar-refractivity contribution in [1.82, 2.24) is 4.98 Å². The van der Waals surface area contributed by atoms with Crippen LogP contribution in [0.5, 0.6) is 11.5 Å². The van der Waals surface area contributed by atoms with E-state index in [1.807, 2.05) is 6.07 Å². The van der Waals surface area contributed by atoms with Crippen molar-refractivity contribution in [3.63, 3.8) is 0 Å². The summed E-state index contributed by atoms with van der Waals surface area (Å²) in [6, 6.07) is 5.39. The van der Waals surface area contributed by atoms with Crippen molar-refractivity contribution in [1.29, 1.82) is 0 Å². The molecule has 0 bridgehead atoms. The molecule has 1 aromatic heterocycles. The van der Waals surface area contributed by atoms with Gasteiger partial charge in [-0.05, 0) is 40.0 Å². The molecule has 20 heavy (non-hydrogen) atoms. The number of nitrogen functional groups attached to an aromatic ring is 1. The highest BCUT2D eigenvalue weighted by Crippen LogP contribution is 2.35. The van der Waals surface area contributed by atoms with Gasteiger partial charge in [0.05, 0.1) is 11.9 Å². The first-order chi connectivity index (χ1) is 9.61. The zero-order chi connectivity index (χ0) is 14.1. The van der Waals surface area contributed by atoms with Crippen molar-refractivity contribution in [3.05, 3.63) is 40.6 Å². The van der Waals surface area contributed by atoms with Crippen LogP contribution in [-0.2, 0) is 11.2 Å². The average molecular weight is 334 g/mol. The number of nitrogens with two attached hydrogens (primary N) is 1. The summed E-state index contributed by atoms with van der Waals surface area (Å²) < 4.78 is 6.54. The van der Waals surface area contributed by atoms with Crippen LogP contribution in [0.15, 0.2) is 35.1 Å². The van der Waals surface area contributed by atoms with Gasteiger partial charge in [0.1, 0.15) is 5.75 Å². The lowest BCUT2D eigenvalue weighted by molar-refractivity contribution is -0.116. The molecule has 102 valence electrons. The average Bonchev–Trinajstić information content (AvgIpc) is 2.40. The third-order valence-electron chi connectivity index (χ3n) is 3.04. The molecule has 1 amide bonds. The van der Waals surface area contributed by atoms with Crippen molar-refractivity contribution < 1.29 is 9.53 Å². The molecule has 0 radical (unpaired) electrons. The molecule has 0 aliphatic carbocycles. The Morgan fingerprint density at radius 1 is 1.25 bits per heavy atom. The number of halogens is 1. The Labute approximate surface area is 124 Å². The largest absolute Gasteiger partial charge is 0.453 e. The highest BCUT2D eigenvalue weighted by Gasteiger charge is 2.17. The Hall–Kier alpha value is -2.08. The van der Waals surface area contributed by atoms with E-state index < -0.39 is 0 Å². The predicted octanol–water partition coefficient (Wildman–Crippen LogP) is 3.10. The number of nitrogens with one attached hydrogen (secondary N) is 1. The Morgan fingerprint density at radius 3 is 2.90 bits per heavy atom. The van der Waals surface area contributed by atoms with Crippen molar-refractivity contribution in [2.75, 3.05) is 11.1 Å². The highest BCUT2D eigenvalue weighted by atomic mass is 79.9. The molecule has 0 spiro atoms. The molecule has 2 aromatic rings. The van der Waals surface area contributed by atoms with Crippen LogP contribution in [0.3, 0.4) is 0 Å². The molecular formula is C14H12BrN3O2. The van der Waals surface area contributed by atoms with Gasteiger partial charge in [0.15, 0.2) is 5.75 Å². The number of amides is 1. The Morgan fingerprint density at radius 2 is 2.10 bits per heavy atom. The number of fused-ring (bicyclic) bond motifs is 1. The molecule has 1 aliphatic rings. The summed E-state index contributed by atoms with van der Waals surface area (Å²) in [5, 5.41) is 2.83. The number of nitrogens with zero attached hydrogens (tertiary/aromatic N) is 1. The molecule has 0 saturated heterocycles. The molecule has 0 unspecified atom stereocenters. The molecule has 3 N–H and O–H groups in total. The summed E-state index contributed by atoms with van der Waals surface area (Å²) in [6.07, 6.45) is 4.46. The van der Waals surface area contributed by atoms with Crippen LogP contribution >= 0.6 is 15.9 Å². The number of carbonyl (C=O) groups is 1. The Bertz CT molecular complexity index is 688. The van der Waals surface area contributed by atoms with Crippen LogP contribution in [0.4, 0.5) is 11.4 Å². The van der Waals surface area contributed by atoms with Gasteiger partial charge in [0.2, 0.25) is 5.91 Å². The van der Waals surface area contributed by atoms with Crippen LogP contribution in [0, 0.1) is 0 Å². The lowest BCUT2D eigenvalue weighted by Gasteiger charge is -2.19. The van der Waals surface area contributed by atoms with Gasteiger partial charge in [0, 0.05) is 28.8 Å². The number of benzene rings is 1. The fraction of sp³-hybridized carbons (Fsp3) is 0.143. The molecule has 0 atom stereocenters. The zero-order valence-corrected chi connectivity index (χ0v) is 12.1. The number of carbonyl (C=O) groups excluding carboxylic acids is 1. The van der Waals surface area contributed by atoms with Crippen molar-refractivity contribution in [2.24, 2.45) is 0 Å². The minimum Gasteiger partial charge on any atom is -0.453 e. The van der Waals surface area contributed by atoms with Crippen molar-refractivity contribution >= 4 is 33.2 Å². The van der Waals surface area contributed by atoms with E-state index in [-0.39, 0.29) is 5.91 Å². The summed E-state index contributed by atoms with van der Waals surface area (Å²) in [7, 11) is 0. The minimum atomic E-state index is 0.0114. The molecule has 0 fully saturated rings. The zero-order valence-electron chi connectivity index (χ0n) is 10.5. The number of hydrogen-bond donors (Lipinski definition) is 2.